The molecule has 96 valence electrons. The van der Waals surface area contributed by atoms with Crippen LogP contribution in [0.1, 0.15) is 26.7 Å². The van der Waals surface area contributed by atoms with Crippen molar-refractivity contribution in [1.82, 2.24) is 0 Å². The number of nitrogens with two attached hydrogens (primary N) is 1. The third-order valence-corrected chi connectivity index (χ3v) is 4.08. The van der Waals surface area contributed by atoms with Crippen molar-refractivity contribution in [3.05, 3.63) is 30.3 Å². The van der Waals surface area contributed by atoms with Crippen LogP contribution in [0.5, 0.6) is 0 Å². The number of rotatable bonds is 7. The highest BCUT2D eigenvalue weighted by Gasteiger charge is 2.17. The van der Waals surface area contributed by atoms with Gasteiger partial charge >= 0.3 is 0 Å². The summed E-state index contributed by atoms with van der Waals surface area (Å²) < 4.78 is 5.39. The zero-order valence-corrected chi connectivity index (χ0v) is 11.8. The summed E-state index contributed by atoms with van der Waals surface area (Å²) in [4.78, 5) is 1.29. The zero-order valence-electron chi connectivity index (χ0n) is 11.0. The first-order valence-electron chi connectivity index (χ1n) is 6.02. The first-order chi connectivity index (χ1) is 8.03. The maximum atomic E-state index is 6.11. The second-order valence-electron chi connectivity index (χ2n) is 4.89. The molecule has 0 heterocycles. The summed E-state index contributed by atoms with van der Waals surface area (Å²) in [6, 6.07) is 10.6. The SMILES string of the molecule is COC(C)(C)CCC(N)CSc1ccccc1. The van der Waals surface area contributed by atoms with E-state index in [0.29, 0.717) is 0 Å². The molecule has 0 saturated heterocycles. The van der Waals surface area contributed by atoms with Gasteiger partial charge in [0.2, 0.25) is 0 Å². The molecule has 1 atom stereocenters. The third-order valence-electron chi connectivity index (χ3n) is 2.88. The van der Waals surface area contributed by atoms with E-state index in [2.05, 4.69) is 38.1 Å². The van der Waals surface area contributed by atoms with E-state index in [0.717, 1.165) is 18.6 Å². The lowest BCUT2D eigenvalue weighted by atomic mass is 10.00. The lowest BCUT2D eigenvalue weighted by molar-refractivity contribution is 0.0129. The van der Waals surface area contributed by atoms with Gasteiger partial charge in [-0.05, 0) is 38.8 Å². The molecule has 0 aromatic heterocycles. The molecule has 0 spiro atoms. The van der Waals surface area contributed by atoms with Crippen molar-refractivity contribution in [2.75, 3.05) is 12.9 Å². The van der Waals surface area contributed by atoms with Crippen molar-refractivity contribution in [1.29, 1.82) is 0 Å². The van der Waals surface area contributed by atoms with Gasteiger partial charge in [-0.3, -0.25) is 0 Å². The van der Waals surface area contributed by atoms with Gasteiger partial charge in [0.05, 0.1) is 5.60 Å². The lowest BCUT2D eigenvalue weighted by Crippen LogP contribution is -2.29. The molecule has 0 bridgehead atoms. The molecule has 1 unspecified atom stereocenters. The maximum absolute atomic E-state index is 6.11. The molecule has 0 amide bonds. The number of ether oxygens (including phenoxy) is 1. The predicted octanol–water partition coefficient (Wildman–Crippen LogP) is 3.31. The quantitative estimate of drug-likeness (QED) is 0.757. The predicted molar refractivity (Wildman–Crippen MR) is 75.5 cm³/mol. The molecule has 0 fully saturated rings. The van der Waals surface area contributed by atoms with E-state index >= 15 is 0 Å². The van der Waals surface area contributed by atoms with Crippen LogP contribution in [0.2, 0.25) is 0 Å². The minimum Gasteiger partial charge on any atom is -0.379 e. The summed E-state index contributed by atoms with van der Waals surface area (Å²) in [6.45, 7) is 4.20. The number of hydrogen-bond donors (Lipinski definition) is 1. The molecule has 0 radical (unpaired) electrons. The molecule has 3 heteroatoms. The molecule has 0 aliphatic heterocycles. The molecule has 0 aliphatic carbocycles. The molecule has 1 aromatic carbocycles. The van der Waals surface area contributed by atoms with Crippen LogP contribution in [0, 0.1) is 0 Å². The lowest BCUT2D eigenvalue weighted by Gasteiger charge is -2.24. The average Bonchev–Trinajstić information content (AvgIpc) is 2.35. The van der Waals surface area contributed by atoms with Crippen molar-refractivity contribution < 1.29 is 4.74 Å². The van der Waals surface area contributed by atoms with Crippen LogP contribution in [0.4, 0.5) is 0 Å². The summed E-state index contributed by atoms with van der Waals surface area (Å²) >= 11 is 1.82. The van der Waals surface area contributed by atoms with E-state index in [1.807, 2.05) is 17.8 Å². The Morgan fingerprint density at radius 3 is 2.53 bits per heavy atom. The fourth-order valence-corrected chi connectivity index (χ4v) is 2.36. The summed E-state index contributed by atoms with van der Waals surface area (Å²) in [5.41, 5.74) is 6.05. The first kappa shape index (κ1) is 14.6. The summed E-state index contributed by atoms with van der Waals surface area (Å²) in [5.74, 6) is 0.962. The van der Waals surface area contributed by atoms with Gasteiger partial charge in [0.25, 0.3) is 0 Å². The highest BCUT2D eigenvalue weighted by molar-refractivity contribution is 7.99. The number of benzene rings is 1. The standard InChI is InChI=1S/C14H23NOS/c1-14(2,16-3)10-9-12(15)11-17-13-7-5-4-6-8-13/h4-8,12H,9-11,15H2,1-3H3. The van der Waals surface area contributed by atoms with Crippen molar-refractivity contribution >= 4 is 11.8 Å². The van der Waals surface area contributed by atoms with E-state index in [9.17, 15) is 0 Å². The highest BCUT2D eigenvalue weighted by atomic mass is 32.2. The van der Waals surface area contributed by atoms with Crippen LogP contribution in [0.25, 0.3) is 0 Å². The Morgan fingerprint density at radius 1 is 1.29 bits per heavy atom. The van der Waals surface area contributed by atoms with Crippen molar-refractivity contribution in [2.24, 2.45) is 5.73 Å². The summed E-state index contributed by atoms with van der Waals surface area (Å²) in [6.07, 6.45) is 2.00. The van der Waals surface area contributed by atoms with Crippen LogP contribution in [-0.4, -0.2) is 24.5 Å². The first-order valence-corrected chi connectivity index (χ1v) is 7.00. The van der Waals surface area contributed by atoms with Gasteiger partial charge < -0.3 is 10.5 Å². The van der Waals surface area contributed by atoms with Crippen molar-refractivity contribution in [3.63, 3.8) is 0 Å². The monoisotopic (exact) mass is 253 g/mol. The Bertz CT molecular complexity index is 313. The maximum Gasteiger partial charge on any atom is 0.0623 e. The van der Waals surface area contributed by atoms with Crippen LogP contribution < -0.4 is 5.73 Å². The Balaban J connectivity index is 2.24. The van der Waals surface area contributed by atoms with Crippen LogP contribution >= 0.6 is 11.8 Å². The van der Waals surface area contributed by atoms with E-state index in [4.69, 9.17) is 10.5 Å². The van der Waals surface area contributed by atoms with E-state index < -0.39 is 0 Å². The highest BCUT2D eigenvalue weighted by Crippen LogP contribution is 2.21. The molecule has 17 heavy (non-hydrogen) atoms. The Morgan fingerprint density at radius 2 is 1.94 bits per heavy atom. The minimum atomic E-state index is -0.0605. The van der Waals surface area contributed by atoms with Crippen molar-refractivity contribution in [2.45, 2.75) is 43.2 Å². The van der Waals surface area contributed by atoms with Gasteiger partial charge in [-0.15, -0.1) is 11.8 Å². The third kappa shape index (κ3) is 6.10. The molecule has 1 rings (SSSR count). The molecule has 1 aromatic rings. The van der Waals surface area contributed by atoms with E-state index in [-0.39, 0.29) is 11.6 Å². The topological polar surface area (TPSA) is 35.2 Å². The van der Waals surface area contributed by atoms with Gasteiger partial charge in [-0.1, -0.05) is 18.2 Å². The van der Waals surface area contributed by atoms with E-state index in [1.165, 1.54) is 4.90 Å². The number of thioether (sulfide) groups is 1. The van der Waals surface area contributed by atoms with Gasteiger partial charge in [-0.25, -0.2) is 0 Å². The van der Waals surface area contributed by atoms with E-state index in [1.54, 1.807) is 7.11 Å². The average molecular weight is 253 g/mol. The fraction of sp³-hybridized carbons (Fsp3) is 0.571. The van der Waals surface area contributed by atoms with Gasteiger partial charge in [0.15, 0.2) is 0 Å². The van der Waals surface area contributed by atoms with Gasteiger partial charge in [-0.2, -0.15) is 0 Å². The second-order valence-corrected chi connectivity index (χ2v) is 5.98. The molecular weight excluding hydrogens is 230 g/mol. The van der Waals surface area contributed by atoms with Crippen LogP contribution in [0.3, 0.4) is 0 Å². The molecule has 2 N–H and O–H groups in total. The summed E-state index contributed by atoms with van der Waals surface area (Å²) in [7, 11) is 1.75. The fourth-order valence-electron chi connectivity index (χ4n) is 1.44. The van der Waals surface area contributed by atoms with Crippen LogP contribution in [-0.2, 0) is 4.74 Å². The Kier molecular flexibility index (Phi) is 6.03. The molecule has 2 nitrogen and oxygen atoms in total. The molecular formula is C14H23NOS. The Hall–Kier alpha value is -0.510. The number of methoxy groups -OCH3 is 1. The van der Waals surface area contributed by atoms with Gasteiger partial charge in [0.1, 0.15) is 0 Å². The van der Waals surface area contributed by atoms with Crippen molar-refractivity contribution in [3.8, 4) is 0 Å². The largest absolute Gasteiger partial charge is 0.379 e. The number of hydrogen-bond acceptors (Lipinski definition) is 3. The smallest absolute Gasteiger partial charge is 0.0623 e. The van der Waals surface area contributed by atoms with Crippen LogP contribution in [0.15, 0.2) is 35.2 Å². The zero-order chi connectivity index (χ0) is 12.7. The normalized spacial score (nSPS) is 13.6. The molecule has 0 aliphatic rings. The summed E-state index contributed by atoms with van der Waals surface area (Å²) in [5, 5.41) is 0. The minimum absolute atomic E-state index is 0.0605. The molecule has 0 saturated carbocycles. The second kappa shape index (κ2) is 7.04. The Labute approximate surface area is 109 Å². The van der Waals surface area contributed by atoms with Gasteiger partial charge in [0, 0.05) is 23.8 Å².